The van der Waals surface area contributed by atoms with Crippen LogP contribution in [0.2, 0.25) is 0 Å². The Morgan fingerprint density at radius 3 is 2.60 bits per heavy atom. The van der Waals surface area contributed by atoms with Gasteiger partial charge in [-0.25, -0.2) is 0 Å². The summed E-state index contributed by atoms with van der Waals surface area (Å²) in [5, 5.41) is 8.67. The molecule has 0 saturated carbocycles. The molecule has 0 aliphatic carbocycles. The van der Waals surface area contributed by atoms with Gasteiger partial charge in [0.15, 0.2) is 0 Å². The van der Waals surface area contributed by atoms with Crippen molar-refractivity contribution in [2.45, 2.75) is 39.7 Å². The molecule has 80 valence electrons. The normalized spacial score (nSPS) is 10.9. The molecule has 0 bridgehead atoms. The van der Waals surface area contributed by atoms with Crippen LogP contribution in [-0.2, 0) is 0 Å². The Balaban J connectivity index is 2.91. The summed E-state index contributed by atoms with van der Waals surface area (Å²) in [7, 11) is 0. The zero-order valence-corrected chi connectivity index (χ0v) is 9.79. The van der Waals surface area contributed by atoms with Crippen LogP contribution in [0.1, 0.15) is 31.4 Å². The van der Waals surface area contributed by atoms with Gasteiger partial charge in [-0.2, -0.15) is 5.26 Å². The van der Waals surface area contributed by atoms with E-state index in [1.807, 2.05) is 32.9 Å². The lowest BCUT2D eigenvalue weighted by molar-refractivity contribution is 0.114. The summed E-state index contributed by atoms with van der Waals surface area (Å²) >= 11 is 0. The van der Waals surface area contributed by atoms with Gasteiger partial charge >= 0.3 is 0 Å². The van der Waals surface area contributed by atoms with Crippen LogP contribution in [-0.4, -0.2) is 5.60 Å². The fourth-order valence-electron chi connectivity index (χ4n) is 1.36. The van der Waals surface area contributed by atoms with Gasteiger partial charge in [0.25, 0.3) is 0 Å². The van der Waals surface area contributed by atoms with Crippen molar-refractivity contribution in [3.05, 3.63) is 29.3 Å². The smallest absolute Gasteiger partial charge is 0.123 e. The quantitative estimate of drug-likeness (QED) is 0.754. The number of nitrogens with zero attached hydrogens (tertiary/aromatic N) is 1. The second-order valence-corrected chi connectivity index (χ2v) is 4.39. The Hall–Kier alpha value is -1.49. The first kappa shape index (κ1) is 11.6. The largest absolute Gasteiger partial charge is 0.487 e. The van der Waals surface area contributed by atoms with E-state index in [2.05, 4.69) is 19.1 Å². The van der Waals surface area contributed by atoms with E-state index in [4.69, 9.17) is 10.00 Å². The first-order chi connectivity index (χ1) is 6.96. The molecule has 2 heteroatoms. The molecule has 0 fully saturated rings. The summed E-state index contributed by atoms with van der Waals surface area (Å²) in [5.41, 5.74) is 1.93. The van der Waals surface area contributed by atoms with E-state index in [-0.39, 0.29) is 0 Å². The number of aryl methyl sites for hydroxylation is 1. The van der Waals surface area contributed by atoms with Crippen molar-refractivity contribution in [1.29, 1.82) is 5.26 Å². The van der Waals surface area contributed by atoms with Gasteiger partial charge in [-0.3, -0.25) is 0 Å². The van der Waals surface area contributed by atoms with Crippen molar-refractivity contribution in [3.63, 3.8) is 0 Å². The molecular weight excluding hydrogens is 186 g/mol. The van der Waals surface area contributed by atoms with Crippen LogP contribution in [0.25, 0.3) is 0 Å². The fourth-order valence-corrected chi connectivity index (χ4v) is 1.36. The Labute approximate surface area is 91.5 Å². The van der Waals surface area contributed by atoms with Gasteiger partial charge in [0.2, 0.25) is 0 Å². The number of hydrogen-bond acceptors (Lipinski definition) is 2. The molecule has 0 aliphatic heterocycles. The number of nitriles is 1. The van der Waals surface area contributed by atoms with Crippen LogP contribution in [0, 0.1) is 25.2 Å². The van der Waals surface area contributed by atoms with Crippen molar-refractivity contribution >= 4 is 0 Å². The molecule has 15 heavy (non-hydrogen) atoms. The number of ether oxygens (including phenoxy) is 1. The summed E-state index contributed by atoms with van der Waals surface area (Å²) in [6.07, 6.45) is 0.389. The second kappa shape index (κ2) is 4.35. The molecule has 1 aromatic rings. The van der Waals surface area contributed by atoms with E-state index in [1.54, 1.807) is 0 Å². The molecule has 0 saturated heterocycles. The third kappa shape index (κ3) is 2.99. The van der Waals surface area contributed by atoms with E-state index >= 15 is 0 Å². The Kier molecular flexibility index (Phi) is 3.36. The van der Waals surface area contributed by atoms with Crippen LogP contribution in [0.5, 0.6) is 5.75 Å². The zero-order valence-electron chi connectivity index (χ0n) is 9.79. The average Bonchev–Trinajstić information content (AvgIpc) is 2.12. The highest BCUT2D eigenvalue weighted by atomic mass is 16.5. The molecule has 0 aliphatic rings. The zero-order chi connectivity index (χ0) is 11.5. The Morgan fingerprint density at radius 2 is 2.00 bits per heavy atom. The Bertz CT molecular complexity index is 388. The van der Waals surface area contributed by atoms with Gasteiger partial charge in [-0.15, -0.1) is 0 Å². The van der Waals surface area contributed by atoms with Gasteiger partial charge in [0.05, 0.1) is 12.5 Å². The molecule has 2 nitrogen and oxygen atoms in total. The molecule has 1 aromatic carbocycles. The maximum atomic E-state index is 8.67. The third-order valence-corrected chi connectivity index (χ3v) is 2.45. The van der Waals surface area contributed by atoms with Crippen LogP contribution < -0.4 is 4.74 Å². The van der Waals surface area contributed by atoms with Crippen molar-refractivity contribution < 1.29 is 4.74 Å². The molecule has 1 rings (SSSR count). The van der Waals surface area contributed by atoms with Crippen molar-refractivity contribution in [2.24, 2.45) is 0 Å². The molecule has 0 aromatic heterocycles. The fraction of sp³-hybridized carbons (Fsp3) is 0.462. The molecule has 0 spiro atoms. The molecule has 0 atom stereocenters. The minimum absolute atomic E-state index is 0.389. The summed E-state index contributed by atoms with van der Waals surface area (Å²) in [6, 6.07) is 8.11. The number of hydrogen-bond donors (Lipinski definition) is 0. The van der Waals surface area contributed by atoms with Gasteiger partial charge in [-0.05, 0) is 44.9 Å². The molecule has 0 N–H and O–H groups in total. The minimum Gasteiger partial charge on any atom is -0.487 e. The van der Waals surface area contributed by atoms with Crippen molar-refractivity contribution in [3.8, 4) is 11.8 Å². The van der Waals surface area contributed by atoms with Crippen molar-refractivity contribution in [1.82, 2.24) is 0 Å². The first-order valence-electron chi connectivity index (χ1n) is 5.08. The predicted molar refractivity (Wildman–Crippen MR) is 60.9 cm³/mol. The average molecular weight is 203 g/mol. The highest BCUT2D eigenvalue weighted by Crippen LogP contribution is 2.26. The topological polar surface area (TPSA) is 33.0 Å². The van der Waals surface area contributed by atoms with E-state index in [0.717, 1.165) is 11.3 Å². The van der Waals surface area contributed by atoms with Gasteiger partial charge in [-0.1, -0.05) is 12.1 Å². The highest BCUT2D eigenvalue weighted by Gasteiger charge is 2.20. The van der Waals surface area contributed by atoms with E-state index in [9.17, 15) is 0 Å². The SMILES string of the molecule is Cc1cccc(OC(C)(C)CC#N)c1C. The molecule has 0 heterocycles. The number of rotatable bonds is 3. The Morgan fingerprint density at radius 1 is 1.33 bits per heavy atom. The van der Waals surface area contributed by atoms with Crippen LogP contribution >= 0.6 is 0 Å². The molecule has 0 unspecified atom stereocenters. The summed E-state index contributed by atoms with van der Waals surface area (Å²) < 4.78 is 5.83. The molecule has 0 amide bonds. The maximum Gasteiger partial charge on any atom is 0.123 e. The summed E-state index contributed by atoms with van der Waals surface area (Å²) in [5.74, 6) is 0.871. The minimum atomic E-state index is -0.423. The summed E-state index contributed by atoms with van der Waals surface area (Å²) in [4.78, 5) is 0. The number of benzene rings is 1. The lowest BCUT2D eigenvalue weighted by Crippen LogP contribution is -2.27. The monoisotopic (exact) mass is 203 g/mol. The van der Waals surface area contributed by atoms with Crippen LogP contribution in [0.4, 0.5) is 0 Å². The van der Waals surface area contributed by atoms with Crippen LogP contribution in [0.15, 0.2) is 18.2 Å². The standard InChI is InChI=1S/C13H17NO/c1-10-6-5-7-12(11(10)2)15-13(3,4)8-9-14/h5-7H,8H2,1-4H3. The van der Waals surface area contributed by atoms with Crippen molar-refractivity contribution in [2.75, 3.05) is 0 Å². The molecule has 0 radical (unpaired) electrons. The van der Waals surface area contributed by atoms with E-state index < -0.39 is 5.60 Å². The van der Waals surface area contributed by atoms with Gasteiger partial charge < -0.3 is 4.74 Å². The van der Waals surface area contributed by atoms with Gasteiger partial charge in [0.1, 0.15) is 11.4 Å². The highest BCUT2D eigenvalue weighted by molar-refractivity contribution is 5.38. The first-order valence-corrected chi connectivity index (χ1v) is 5.08. The molecular formula is C13H17NO. The van der Waals surface area contributed by atoms with E-state index in [1.165, 1.54) is 5.56 Å². The maximum absolute atomic E-state index is 8.67. The lowest BCUT2D eigenvalue weighted by Gasteiger charge is -2.25. The van der Waals surface area contributed by atoms with Crippen LogP contribution in [0.3, 0.4) is 0 Å². The predicted octanol–water partition coefficient (Wildman–Crippen LogP) is 3.37. The summed E-state index contributed by atoms with van der Waals surface area (Å²) in [6.45, 7) is 7.95. The van der Waals surface area contributed by atoms with Gasteiger partial charge in [0, 0.05) is 0 Å². The van der Waals surface area contributed by atoms with E-state index in [0.29, 0.717) is 6.42 Å². The lowest BCUT2D eigenvalue weighted by atomic mass is 10.0. The third-order valence-electron chi connectivity index (χ3n) is 2.45. The second-order valence-electron chi connectivity index (χ2n) is 4.39.